The van der Waals surface area contributed by atoms with Crippen LogP contribution in [0.3, 0.4) is 0 Å². The van der Waals surface area contributed by atoms with E-state index in [4.69, 9.17) is 4.74 Å². The van der Waals surface area contributed by atoms with Crippen molar-refractivity contribution in [2.24, 2.45) is 17.8 Å². The normalized spacial score (nSPS) is 32.4. The molecule has 15 heavy (non-hydrogen) atoms. The van der Waals surface area contributed by atoms with Crippen LogP contribution in [0.5, 0.6) is 5.88 Å². The highest BCUT2D eigenvalue weighted by molar-refractivity contribution is 6.32. The second-order valence-corrected chi connectivity index (χ2v) is 4.63. The van der Waals surface area contributed by atoms with E-state index in [-0.39, 0.29) is 0 Å². The molecule has 2 fully saturated rings. The summed E-state index contributed by atoms with van der Waals surface area (Å²) in [6.07, 6.45) is 1.85. The molecule has 1 N–H and O–H groups in total. The molecule has 0 radical (unpaired) electrons. The highest BCUT2D eigenvalue weighted by Gasteiger charge is 2.52. The largest absolute Gasteiger partial charge is 0.477 e. The fraction of sp³-hybridized carbons (Fsp3) is 0.545. The zero-order valence-corrected chi connectivity index (χ0v) is 8.94. The molecule has 1 aromatic heterocycles. The average Bonchev–Trinajstić information content (AvgIpc) is 2.71. The van der Waals surface area contributed by atoms with Gasteiger partial charge in [0, 0.05) is 12.1 Å². The molecule has 3 nitrogen and oxygen atoms in total. The van der Waals surface area contributed by atoms with Crippen molar-refractivity contribution in [3.8, 4) is 5.88 Å². The lowest BCUT2D eigenvalue weighted by Crippen LogP contribution is -2.18. The van der Waals surface area contributed by atoms with Gasteiger partial charge in [0.15, 0.2) is 0 Å². The van der Waals surface area contributed by atoms with E-state index in [9.17, 15) is 0 Å². The van der Waals surface area contributed by atoms with Gasteiger partial charge in [0.25, 0.3) is 0 Å². The molecule has 0 amide bonds. The second-order valence-electron chi connectivity index (χ2n) is 4.63. The van der Waals surface area contributed by atoms with Crippen LogP contribution in [-0.2, 0) is 0 Å². The molecule has 2 heterocycles. The number of nitrogens with zero attached hydrogens (tertiary/aromatic N) is 1. The van der Waals surface area contributed by atoms with Gasteiger partial charge in [-0.2, -0.15) is 0 Å². The maximum Gasteiger partial charge on any atom is 0.213 e. The van der Waals surface area contributed by atoms with Crippen molar-refractivity contribution >= 4 is 13.3 Å². The number of aromatic nitrogens is 1. The summed E-state index contributed by atoms with van der Waals surface area (Å²) >= 11 is 0. The van der Waals surface area contributed by atoms with E-state index in [1.165, 1.54) is 18.6 Å². The summed E-state index contributed by atoms with van der Waals surface area (Å²) in [5, 5.41) is 3.39. The van der Waals surface area contributed by atoms with E-state index in [1.807, 2.05) is 26.2 Å². The number of rotatable bonds is 3. The molecule has 1 saturated heterocycles. The summed E-state index contributed by atoms with van der Waals surface area (Å²) in [6.45, 7) is 3.20. The Morgan fingerprint density at radius 1 is 1.40 bits per heavy atom. The van der Waals surface area contributed by atoms with Crippen LogP contribution < -0.4 is 15.5 Å². The Bertz CT molecular complexity index is 344. The Labute approximate surface area is 90.6 Å². The smallest absolute Gasteiger partial charge is 0.213 e. The first-order chi connectivity index (χ1) is 7.34. The number of nitrogens with one attached hydrogen (secondary N) is 1. The number of fused-ring (bicyclic) bond motifs is 1. The Kier molecular flexibility index (Phi) is 2.17. The predicted molar refractivity (Wildman–Crippen MR) is 61.2 cm³/mol. The zero-order valence-electron chi connectivity index (χ0n) is 8.94. The van der Waals surface area contributed by atoms with Crippen molar-refractivity contribution in [3.05, 3.63) is 18.3 Å². The minimum absolute atomic E-state index is 0.763. The SMILES string of the molecule is Bc1ccc(OC[C@H]2[C@@H]3CNC[C@@H]32)nc1. The number of hydrogen-bond acceptors (Lipinski definition) is 3. The Morgan fingerprint density at radius 3 is 2.87 bits per heavy atom. The topological polar surface area (TPSA) is 34.1 Å². The first-order valence-electron chi connectivity index (χ1n) is 5.61. The first kappa shape index (κ1) is 9.22. The van der Waals surface area contributed by atoms with Gasteiger partial charge in [0.1, 0.15) is 7.85 Å². The highest BCUT2D eigenvalue weighted by Crippen LogP contribution is 2.48. The van der Waals surface area contributed by atoms with Crippen molar-refractivity contribution < 1.29 is 4.74 Å². The monoisotopic (exact) mass is 202 g/mol. The van der Waals surface area contributed by atoms with Crippen molar-refractivity contribution in [1.82, 2.24) is 10.3 Å². The lowest BCUT2D eigenvalue weighted by molar-refractivity contribution is 0.271. The van der Waals surface area contributed by atoms with Crippen molar-refractivity contribution in [2.45, 2.75) is 0 Å². The number of hydrogen-bond donors (Lipinski definition) is 1. The lowest BCUT2D eigenvalue weighted by Gasteiger charge is -2.07. The van der Waals surface area contributed by atoms with Crippen LogP contribution >= 0.6 is 0 Å². The van der Waals surface area contributed by atoms with Crippen LogP contribution in [0, 0.1) is 17.8 Å². The van der Waals surface area contributed by atoms with E-state index >= 15 is 0 Å². The molecule has 4 heteroatoms. The van der Waals surface area contributed by atoms with Crippen LogP contribution in [0.1, 0.15) is 0 Å². The standard InChI is InChI=1S/C11H15BN2O/c12-7-1-2-11(14-3-7)15-6-10-8-4-13-5-9(8)10/h1-3,8-10,13H,4-6,12H2/t8-,9+,10+. The third-order valence-electron chi connectivity index (χ3n) is 3.58. The maximum atomic E-state index is 5.68. The molecule has 2 aliphatic rings. The molecular formula is C11H15BN2O. The van der Waals surface area contributed by atoms with Crippen LogP contribution in [-0.4, -0.2) is 32.5 Å². The third-order valence-corrected chi connectivity index (χ3v) is 3.58. The van der Waals surface area contributed by atoms with Gasteiger partial charge in [-0.1, -0.05) is 11.5 Å². The van der Waals surface area contributed by atoms with E-state index in [2.05, 4.69) is 10.3 Å². The maximum absolute atomic E-state index is 5.68. The second kappa shape index (κ2) is 3.52. The first-order valence-corrected chi connectivity index (χ1v) is 5.61. The molecule has 0 bridgehead atoms. The summed E-state index contributed by atoms with van der Waals surface area (Å²) in [4.78, 5) is 4.23. The molecule has 1 aliphatic heterocycles. The predicted octanol–water partition coefficient (Wildman–Crippen LogP) is -0.816. The zero-order chi connectivity index (χ0) is 10.3. The summed E-state index contributed by atoms with van der Waals surface area (Å²) in [5.41, 5.74) is 1.18. The molecule has 3 rings (SSSR count). The van der Waals surface area contributed by atoms with E-state index in [1.54, 1.807) is 0 Å². The van der Waals surface area contributed by atoms with Crippen LogP contribution in [0.15, 0.2) is 18.3 Å². The molecular weight excluding hydrogens is 187 g/mol. The summed E-state index contributed by atoms with van der Waals surface area (Å²) in [7, 11) is 2.04. The van der Waals surface area contributed by atoms with Gasteiger partial charge < -0.3 is 10.1 Å². The quantitative estimate of drug-likeness (QED) is 0.650. The van der Waals surface area contributed by atoms with Gasteiger partial charge in [-0.3, -0.25) is 0 Å². The van der Waals surface area contributed by atoms with Crippen molar-refractivity contribution in [2.75, 3.05) is 19.7 Å². The lowest BCUT2D eigenvalue weighted by atomic mass is 9.99. The molecule has 1 aromatic rings. The molecule has 3 atom stereocenters. The molecule has 78 valence electrons. The van der Waals surface area contributed by atoms with Gasteiger partial charge in [-0.05, 0) is 31.0 Å². The molecule has 0 aromatic carbocycles. The minimum Gasteiger partial charge on any atom is -0.477 e. The number of piperidine rings is 1. The van der Waals surface area contributed by atoms with Crippen molar-refractivity contribution in [1.29, 1.82) is 0 Å². The van der Waals surface area contributed by atoms with Gasteiger partial charge in [-0.15, -0.1) is 0 Å². The molecule has 1 aliphatic carbocycles. The highest BCUT2D eigenvalue weighted by atomic mass is 16.5. The Balaban J connectivity index is 1.52. The third kappa shape index (κ3) is 1.74. The van der Waals surface area contributed by atoms with Gasteiger partial charge in [-0.25, -0.2) is 4.98 Å². The summed E-state index contributed by atoms with van der Waals surface area (Å²) in [5.74, 6) is 3.28. The van der Waals surface area contributed by atoms with E-state index in [0.29, 0.717) is 0 Å². The number of pyridine rings is 1. The molecule has 0 unspecified atom stereocenters. The van der Waals surface area contributed by atoms with Gasteiger partial charge in [0.05, 0.1) is 6.61 Å². The van der Waals surface area contributed by atoms with Crippen LogP contribution in [0.4, 0.5) is 0 Å². The Morgan fingerprint density at radius 2 is 2.20 bits per heavy atom. The fourth-order valence-corrected chi connectivity index (χ4v) is 2.51. The van der Waals surface area contributed by atoms with Crippen LogP contribution in [0.25, 0.3) is 0 Å². The van der Waals surface area contributed by atoms with Crippen molar-refractivity contribution in [3.63, 3.8) is 0 Å². The van der Waals surface area contributed by atoms with E-state index < -0.39 is 0 Å². The average molecular weight is 202 g/mol. The Hall–Kier alpha value is -1.03. The van der Waals surface area contributed by atoms with Gasteiger partial charge >= 0.3 is 0 Å². The van der Waals surface area contributed by atoms with Crippen LogP contribution in [0.2, 0.25) is 0 Å². The minimum atomic E-state index is 0.763. The molecule has 1 saturated carbocycles. The molecule has 0 spiro atoms. The summed E-state index contributed by atoms with van der Waals surface area (Å²) in [6, 6.07) is 3.99. The fourth-order valence-electron chi connectivity index (χ4n) is 2.51. The van der Waals surface area contributed by atoms with E-state index in [0.717, 1.165) is 30.2 Å². The summed E-state index contributed by atoms with van der Waals surface area (Å²) < 4.78 is 5.68. The number of ether oxygens (including phenoxy) is 1. The van der Waals surface area contributed by atoms with Gasteiger partial charge in [0.2, 0.25) is 5.88 Å².